The van der Waals surface area contributed by atoms with Crippen molar-refractivity contribution in [3.63, 3.8) is 0 Å². The molecule has 0 atom stereocenters. The molecule has 78 valence electrons. The lowest BCUT2D eigenvalue weighted by molar-refractivity contribution is 0.101. The molecule has 0 N–H and O–H groups in total. The lowest BCUT2D eigenvalue weighted by Crippen LogP contribution is -2.21. The smallest absolute Gasteiger partial charge is 0.286 e. The Labute approximate surface area is 93.1 Å². The number of rotatable bonds is 2. The summed E-state index contributed by atoms with van der Waals surface area (Å²) < 4.78 is 1.92. The summed E-state index contributed by atoms with van der Waals surface area (Å²) in [4.78, 5) is 27.4. The van der Waals surface area contributed by atoms with Crippen LogP contribution in [0.2, 0.25) is 0 Å². The number of Topliss-reactive ketones (excluding diaryl/α,β-unsaturated/α-hetero) is 1. The summed E-state index contributed by atoms with van der Waals surface area (Å²) >= 11 is 2.76. The van der Waals surface area contributed by atoms with Crippen LogP contribution in [0.15, 0.2) is 15.3 Å². The second-order valence-corrected chi connectivity index (χ2v) is 4.81. The van der Waals surface area contributed by atoms with E-state index in [-0.39, 0.29) is 11.3 Å². The Kier molecular flexibility index (Phi) is 2.57. The molecule has 0 bridgehead atoms. The van der Waals surface area contributed by atoms with Gasteiger partial charge in [-0.05, 0) is 13.2 Å². The van der Waals surface area contributed by atoms with E-state index >= 15 is 0 Å². The van der Waals surface area contributed by atoms with Gasteiger partial charge in [0.25, 0.3) is 5.56 Å². The van der Waals surface area contributed by atoms with Gasteiger partial charge in [-0.25, -0.2) is 4.98 Å². The maximum atomic E-state index is 11.7. The van der Waals surface area contributed by atoms with Crippen molar-refractivity contribution < 1.29 is 4.79 Å². The quantitative estimate of drug-likeness (QED) is 0.581. The molecule has 7 heteroatoms. The van der Waals surface area contributed by atoms with Crippen LogP contribution in [0.1, 0.15) is 17.3 Å². The molecule has 5 nitrogen and oxygen atoms in total. The van der Waals surface area contributed by atoms with Gasteiger partial charge in [0.2, 0.25) is 4.96 Å². The molecule has 0 fully saturated rings. The van der Waals surface area contributed by atoms with E-state index in [0.29, 0.717) is 4.96 Å². The molecule has 0 spiro atoms. The highest BCUT2D eigenvalue weighted by molar-refractivity contribution is 8.00. The monoisotopic (exact) mass is 241 g/mol. The molecule has 0 radical (unpaired) electrons. The van der Waals surface area contributed by atoms with E-state index in [4.69, 9.17) is 0 Å². The summed E-state index contributed by atoms with van der Waals surface area (Å²) in [5.74, 6) is -0.291. The molecule has 0 unspecified atom stereocenters. The molecule has 0 aliphatic carbocycles. The molecule has 0 aliphatic rings. The number of thioether (sulfide) groups is 1. The Balaban J connectivity index is 2.78. The number of carbonyl (C=O) groups excluding carboxylic acids is 1. The number of aromatic nitrogens is 3. The third-order valence-corrected chi connectivity index (χ3v) is 3.72. The van der Waals surface area contributed by atoms with Gasteiger partial charge < -0.3 is 0 Å². The predicted octanol–water partition coefficient (Wildman–Crippen LogP) is 1.08. The first kappa shape index (κ1) is 10.3. The first-order valence-corrected chi connectivity index (χ1v) is 6.11. The summed E-state index contributed by atoms with van der Waals surface area (Å²) in [5.41, 5.74) is -0.325. The van der Waals surface area contributed by atoms with Crippen molar-refractivity contribution in [2.75, 3.05) is 6.26 Å². The molecular formula is C8H7N3O2S2. The van der Waals surface area contributed by atoms with Crippen molar-refractivity contribution >= 4 is 33.8 Å². The van der Waals surface area contributed by atoms with Gasteiger partial charge in [-0.3, -0.25) is 9.59 Å². The van der Waals surface area contributed by atoms with E-state index in [2.05, 4.69) is 10.1 Å². The van der Waals surface area contributed by atoms with Crippen molar-refractivity contribution in [1.82, 2.24) is 14.6 Å². The number of carbonyl (C=O) groups is 1. The topological polar surface area (TPSA) is 64.3 Å². The third kappa shape index (κ3) is 1.68. The third-order valence-electron chi connectivity index (χ3n) is 1.82. The number of fused-ring (bicyclic) bond motifs is 1. The van der Waals surface area contributed by atoms with Crippen LogP contribution in [0, 0.1) is 0 Å². The number of ketones is 1. The van der Waals surface area contributed by atoms with Crippen molar-refractivity contribution in [2.24, 2.45) is 0 Å². The second-order valence-electron chi connectivity index (χ2n) is 2.80. The van der Waals surface area contributed by atoms with Gasteiger partial charge in [0.15, 0.2) is 10.1 Å². The summed E-state index contributed by atoms with van der Waals surface area (Å²) in [6.07, 6.45) is 3.18. The molecule has 0 aliphatic heterocycles. The van der Waals surface area contributed by atoms with Crippen LogP contribution in [-0.2, 0) is 0 Å². The Morgan fingerprint density at radius 1 is 1.60 bits per heavy atom. The van der Waals surface area contributed by atoms with Gasteiger partial charge in [-0.2, -0.15) is 4.52 Å². The largest absolute Gasteiger partial charge is 0.294 e. The van der Waals surface area contributed by atoms with Crippen molar-refractivity contribution in [3.05, 3.63) is 22.1 Å². The summed E-state index contributed by atoms with van der Waals surface area (Å²) in [5, 5.41) is 4.04. The molecule has 0 saturated heterocycles. The molecule has 2 rings (SSSR count). The van der Waals surface area contributed by atoms with E-state index in [1.807, 2.05) is 6.26 Å². The van der Waals surface area contributed by atoms with Gasteiger partial charge in [-0.15, -0.1) is 5.10 Å². The molecule has 15 heavy (non-hydrogen) atoms. The lowest BCUT2D eigenvalue weighted by Gasteiger charge is -1.93. The highest BCUT2D eigenvalue weighted by atomic mass is 32.2. The van der Waals surface area contributed by atoms with Gasteiger partial charge in [0, 0.05) is 6.20 Å². The zero-order valence-electron chi connectivity index (χ0n) is 8.05. The number of nitrogens with zero attached hydrogens (tertiary/aromatic N) is 3. The molecule has 2 aromatic heterocycles. The highest BCUT2D eigenvalue weighted by Gasteiger charge is 2.12. The maximum Gasteiger partial charge on any atom is 0.286 e. The van der Waals surface area contributed by atoms with Gasteiger partial charge in [0.05, 0.1) is 0 Å². The van der Waals surface area contributed by atoms with E-state index < -0.39 is 5.56 Å². The summed E-state index contributed by atoms with van der Waals surface area (Å²) in [6, 6.07) is 0. The molecule has 0 saturated carbocycles. The lowest BCUT2D eigenvalue weighted by atomic mass is 10.2. The Hall–Kier alpha value is -1.21. The van der Waals surface area contributed by atoms with E-state index in [1.165, 1.54) is 40.7 Å². The SMILES string of the molecule is CSc1nn2c(=O)c(C(C)=O)cnc2s1. The maximum absolute atomic E-state index is 11.7. The average molecular weight is 241 g/mol. The van der Waals surface area contributed by atoms with Crippen molar-refractivity contribution in [3.8, 4) is 0 Å². The molecular weight excluding hydrogens is 234 g/mol. The number of hydrogen-bond donors (Lipinski definition) is 0. The minimum Gasteiger partial charge on any atom is -0.294 e. The van der Waals surface area contributed by atoms with Crippen LogP contribution in [0.4, 0.5) is 0 Å². The molecule has 2 heterocycles. The molecule has 0 amide bonds. The van der Waals surface area contributed by atoms with Crippen LogP contribution in [0.5, 0.6) is 0 Å². The van der Waals surface area contributed by atoms with E-state index in [9.17, 15) is 9.59 Å². The summed E-state index contributed by atoms with van der Waals surface area (Å²) in [6.45, 7) is 1.34. The van der Waals surface area contributed by atoms with Gasteiger partial charge in [0.1, 0.15) is 5.56 Å². The normalized spacial score (nSPS) is 10.8. The minimum absolute atomic E-state index is 0.0745. The van der Waals surface area contributed by atoms with E-state index in [0.717, 1.165) is 4.34 Å². The standard InChI is InChI=1S/C8H7N3O2S2/c1-4(12)5-3-9-7-11(6(5)13)10-8(14-2)15-7/h3H,1-2H3. The fourth-order valence-corrected chi connectivity index (χ4v) is 2.41. The van der Waals surface area contributed by atoms with Gasteiger partial charge >= 0.3 is 0 Å². The zero-order chi connectivity index (χ0) is 11.0. The Morgan fingerprint density at radius 3 is 2.93 bits per heavy atom. The van der Waals surface area contributed by atoms with E-state index in [1.54, 1.807) is 0 Å². The van der Waals surface area contributed by atoms with Crippen LogP contribution >= 0.6 is 23.1 Å². The van der Waals surface area contributed by atoms with Crippen LogP contribution in [0.25, 0.3) is 4.96 Å². The Bertz CT molecular complexity index is 587. The molecule has 2 aromatic rings. The van der Waals surface area contributed by atoms with Crippen LogP contribution < -0.4 is 5.56 Å². The van der Waals surface area contributed by atoms with Crippen LogP contribution in [0.3, 0.4) is 0 Å². The fourth-order valence-electron chi connectivity index (χ4n) is 1.09. The molecule has 0 aromatic carbocycles. The Morgan fingerprint density at radius 2 is 2.33 bits per heavy atom. The van der Waals surface area contributed by atoms with Crippen molar-refractivity contribution in [1.29, 1.82) is 0 Å². The van der Waals surface area contributed by atoms with Crippen LogP contribution in [-0.4, -0.2) is 26.6 Å². The predicted molar refractivity (Wildman–Crippen MR) is 58.9 cm³/mol. The second kappa shape index (κ2) is 3.74. The summed E-state index contributed by atoms with van der Waals surface area (Å²) in [7, 11) is 0. The first-order valence-electron chi connectivity index (χ1n) is 4.07. The average Bonchev–Trinajstić information content (AvgIpc) is 2.61. The minimum atomic E-state index is -0.399. The first-order chi connectivity index (χ1) is 7.13. The fraction of sp³-hybridized carbons (Fsp3) is 0.250. The number of hydrogen-bond acceptors (Lipinski definition) is 6. The highest BCUT2D eigenvalue weighted by Crippen LogP contribution is 2.20. The zero-order valence-corrected chi connectivity index (χ0v) is 9.68. The van der Waals surface area contributed by atoms with Crippen molar-refractivity contribution in [2.45, 2.75) is 11.3 Å². The van der Waals surface area contributed by atoms with Gasteiger partial charge in [-0.1, -0.05) is 23.1 Å².